The molecule has 16 heteroatoms. The number of benzene rings is 1. The predicted octanol–water partition coefficient (Wildman–Crippen LogP) is 2.48. The summed E-state index contributed by atoms with van der Waals surface area (Å²) in [5, 5.41) is 35.9. The molecule has 3 aromatic rings. The van der Waals surface area contributed by atoms with E-state index in [4.69, 9.17) is 29.7 Å². The third-order valence-corrected chi connectivity index (χ3v) is 8.06. The van der Waals surface area contributed by atoms with Gasteiger partial charge in [0.15, 0.2) is 0 Å². The lowest BCUT2D eigenvalue weighted by Gasteiger charge is -2.35. The number of nitrogens with one attached hydrogen (secondary N) is 1. The van der Waals surface area contributed by atoms with Crippen LogP contribution in [-0.4, -0.2) is 111 Å². The number of carbonyl (C=O) groups is 3. The summed E-state index contributed by atoms with van der Waals surface area (Å²) >= 11 is 0. The maximum absolute atomic E-state index is 14.0. The number of carboxylic acid groups (broad SMARTS) is 3. The van der Waals surface area contributed by atoms with Crippen molar-refractivity contribution in [2.24, 2.45) is 0 Å². The number of nitrogens with zero attached hydrogens (tertiary/aromatic N) is 5. The van der Waals surface area contributed by atoms with Gasteiger partial charge in [0, 0.05) is 68.4 Å². The molecule has 5 N–H and O–H groups in total. The van der Waals surface area contributed by atoms with Gasteiger partial charge in [-0.3, -0.25) is 23.7 Å². The third kappa shape index (κ3) is 8.82. The van der Waals surface area contributed by atoms with E-state index in [1.54, 1.807) is 10.8 Å². The van der Waals surface area contributed by atoms with E-state index in [0.717, 1.165) is 42.6 Å². The zero-order valence-corrected chi connectivity index (χ0v) is 24.8. The molecule has 0 spiro atoms. The topological polar surface area (TPSA) is 198 Å². The Morgan fingerprint density at radius 1 is 0.911 bits per heavy atom. The van der Waals surface area contributed by atoms with Gasteiger partial charge < -0.3 is 35.5 Å². The number of aliphatic hydroxyl groups is 1. The molecule has 14 nitrogen and oxygen atoms in total. The molecule has 6 rings (SSSR count). The van der Waals surface area contributed by atoms with Gasteiger partial charge in [0.05, 0.1) is 11.5 Å². The average Bonchev–Trinajstić information content (AvgIpc) is 2.99. The highest BCUT2D eigenvalue weighted by Crippen LogP contribution is 2.39. The van der Waals surface area contributed by atoms with Crippen LogP contribution in [0.3, 0.4) is 0 Å². The van der Waals surface area contributed by atoms with Crippen LogP contribution in [0.1, 0.15) is 44.6 Å². The summed E-state index contributed by atoms with van der Waals surface area (Å²) in [5.41, 5.74) is 1.45. The summed E-state index contributed by atoms with van der Waals surface area (Å²) in [6, 6.07) is 5.55. The fraction of sp³-hybridized carbons (Fsp3) is 0.517. The van der Waals surface area contributed by atoms with Crippen LogP contribution in [0, 0.1) is 0 Å². The molecule has 3 fully saturated rings. The predicted molar refractivity (Wildman–Crippen MR) is 162 cm³/mol. The highest BCUT2D eigenvalue weighted by molar-refractivity contribution is 6.05. The Bertz CT molecular complexity index is 1490. The second-order valence-electron chi connectivity index (χ2n) is 11.0. The third-order valence-electron chi connectivity index (χ3n) is 8.06. The fourth-order valence-electron chi connectivity index (χ4n) is 5.85. The van der Waals surface area contributed by atoms with Gasteiger partial charge in [0.25, 0.3) is 30.9 Å². The van der Waals surface area contributed by atoms with E-state index in [-0.39, 0.29) is 62.0 Å². The molecule has 0 amide bonds. The molecule has 2 aliphatic carbocycles. The molecule has 0 unspecified atom stereocenters. The summed E-state index contributed by atoms with van der Waals surface area (Å²) in [4.78, 5) is 52.8. The van der Waals surface area contributed by atoms with E-state index in [1.807, 2.05) is 12.1 Å². The first kappa shape index (κ1) is 35.0. The monoisotopic (exact) mass is 636 g/mol. The van der Waals surface area contributed by atoms with Crippen LogP contribution in [0.5, 0.6) is 0 Å². The summed E-state index contributed by atoms with van der Waals surface area (Å²) in [5.74, 6) is -2.38. The van der Waals surface area contributed by atoms with Crippen LogP contribution in [-0.2, 0) is 14.4 Å². The number of alkyl halides is 2. The lowest BCUT2D eigenvalue weighted by Crippen LogP contribution is -2.44. The first-order valence-electron chi connectivity index (χ1n) is 14.4. The van der Waals surface area contributed by atoms with Crippen LogP contribution in [0.2, 0.25) is 0 Å². The van der Waals surface area contributed by atoms with Crippen molar-refractivity contribution in [3.05, 3.63) is 34.7 Å². The smallest absolute Gasteiger partial charge is 0.290 e. The van der Waals surface area contributed by atoms with Crippen molar-refractivity contribution in [3.63, 3.8) is 0 Å². The Morgan fingerprint density at radius 2 is 1.49 bits per heavy atom. The van der Waals surface area contributed by atoms with Crippen molar-refractivity contribution in [3.8, 4) is 0 Å². The molecule has 2 aromatic heterocycles. The Kier molecular flexibility index (Phi) is 12.5. The number of fused-ring (bicyclic) bond motifs is 3. The standard InChI is InChI=1S/C26H32F2N6O2.3CH2O2/c1-32-8-10-33(11-9-32)18-4-7-20-21(12-18)24(36)34(17-2-5-19(35)6-3-17)23-22(20)15-29-25(31-23)30-16-13-26(27,28)14-16;3*2-1-3/h4,7,12,15-17,19,35H,2-3,5-6,8-11,13-14H2,1H3,(H,29,30,31);3*1H,(H,2,3). The molecule has 45 heavy (non-hydrogen) atoms. The van der Waals surface area contributed by atoms with E-state index in [9.17, 15) is 18.7 Å². The highest BCUT2D eigenvalue weighted by Gasteiger charge is 2.45. The molecule has 2 saturated carbocycles. The lowest BCUT2D eigenvalue weighted by molar-refractivity contribution is -0.123. The second kappa shape index (κ2) is 16.0. The number of aliphatic hydroxyl groups excluding tert-OH is 1. The normalized spacial score (nSPS) is 21.0. The summed E-state index contributed by atoms with van der Waals surface area (Å²) < 4.78 is 28.5. The molecule has 3 aliphatic rings. The average molecular weight is 637 g/mol. The van der Waals surface area contributed by atoms with E-state index < -0.39 is 5.92 Å². The van der Waals surface area contributed by atoms with Crippen molar-refractivity contribution in [2.75, 3.05) is 43.4 Å². The number of piperazine rings is 1. The van der Waals surface area contributed by atoms with Crippen LogP contribution >= 0.6 is 0 Å². The number of halogens is 2. The maximum Gasteiger partial charge on any atom is 0.290 e. The summed E-state index contributed by atoms with van der Waals surface area (Å²) in [7, 11) is 2.11. The van der Waals surface area contributed by atoms with Gasteiger partial charge in [0.1, 0.15) is 5.65 Å². The second-order valence-corrected chi connectivity index (χ2v) is 11.0. The van der Waals surface area contributed by atoms with Gasteiger partial charge >= 0.3 is 0 Å². The van der Waals surface area contributed by atoms with Gasteiger partial charge in [-0.15, -0.1) is 0 Å². The Hall–Kier alpha value is -4.44. The molecule has 3 heterocycles. The highest BCUT2D eigenvalue weighted by atomic mass is 19.3. The van der Waals surface area contributed by atoms with Crippen LogP contribution in [0.15, 0.2) is 29.2 Å². The van der Waals surface area contributed by atoms with Crippen molar-refractivity contribution >= 4 is 52.9 Å². The van der Waals surface area contributed by atoms with Gasteiger partial charge in [-0.25, -0.2) is 13.8 Å². The maximum atomic E-state index is 14.0. The van der Waals surface area contributed by atoms with E-state index in [2.05, 4.69) is 38.2 Å². The zero-order chi connectivity index (χ0) is 33.1. The number of rotatable bonds is 4. The Morgan fingerprint density at radius 3 is 2.04 bits per heavy atom. The van der Waals surface area contributed by atoms with Crippen molar-refractivity contribution in [1.29, 1.82) is 0 Å². The van der Waals surface area contributed by atoms with Crippen LogP contribution in [0.4, 0.5) is 20.4 Å². The van der Waals surface area contributed by atoms with Crippen LogP contribution < -0.4 is 15.8 Å². The first-order chi connectivity index (χ1) is 21.5. The number of likely N-dealkylation sites (N-methyl/N-ethyl adjacent to an activating group) is 1. The number of aromatic nitrogens is 3. The van der Waals surface area contributed by atoms with Gasteiger partial charge in [-0.1, -0.05) is 6.07 Å². The SMILES string of the molecule is CN1CCN(c2ccc3c(c2)c(=O)n(C2CCC(O)CC2)c2nc(NC4CC(F)(F)C4)ncc32)CC1.O=CO.O=CO.O=CO. The fourth-order valence-corrected chi connectivity index (χ4v) is 5.85. The Balaban J connectivity index is 0.000000552. The van der Waals surface area contributed by atoms with Gasteiger partial charge in [0.2, 0.25) is 5.95 Å². The van der Waals surface area contributed by atoms with E-state index >= 15 is 0 Å². The zero-order valence-electron chi connectivity index (χ0n) is 24.8. The minimum absolute atomic E-state index is 0.0871. The van der Waals surface area contributed by atoms with Crippen molar-refractivity contribution in [1.82, 2.24) is 19.4 Å². The molecule has 1 aromatic carbocycles. The molecule has 0 radical (unpaired) electrons. The molecule has 0 bridgehead atoms. The minimum atomic E-state index is -2.64. The molecule has 246 valence electrons. The van der Waals surface area contributed by atoms with Crippen LogP contribution in [0.25, 0.3) is 21.8 Å². The number of hydrogen-bond donors (Lipinski definition) is 5. The number of hydrogen-bond acceptors (Lipinski definition) is 10. The lowest BCUT2D eigenvalue weighted by atomic mass is 9.88. The Labute approximate surface area is 256 Å². The molecule has 0 atom stereocenters. The van der Waals surface area contributed by atoms with E-state index in [0.29, 0.717) is 36.7 Å². The number of pyridine rings is 1. The summed E-state index contributed by atoms with van der Waals surface area (Å²) in [6.45, 7) is 3.01. The number of anilines is 2. The van der Waals surface area contributed by atoms with Crippen molar-refractivity contribution < 1.29 is 43.6 Å². The minimum Gasteiger partial charge on any atom is -0.483 e. The van der Waals surface area contributed by atoms with Gasteiger partial charge in [-0.05, 0) is 50.2 Å². The van der Waals surface area contributed by atoms with Crippen molar-refractivity contribution in [2.45, 2.75) is 62.6 Å². The molecule has 1 saturated heterocycles. The van der Waals surface area contributed by atoms with Gasteiger partial charge in [-0.2, -0.15) is 4.98 Å². The summed E-state index contributed by atoms with van der Waals surface area (Å²) in [6.07, 6.45) is 3.50. The molecular weight excluding hydrogens is 598 g/mol. The molecular formula is C29H38F2N6O8. The quantitative estimate of drug-likeness (QED) is 0.207. The molecule has 1 aliphatic heterocycles. The first-order valence-corrected chi connectivity index (χ1v) is 14.4. The van der Waals surface area contributed by atoms with E-state index in [1.165, 1.54) is 0 Å². The largest absolute Gasteiger partial charge is 0.483 e.